The lowest BCUT2D eigenvalue weighted by Gasteiger charge is -2.35. The summed E-state index contributed by atoms with van der Waals surface area (Å²) in [6.07, 6.45) is 4.79. The van der Waals surface area contributed by atoms with E-state index in [-0.39, 0.29) is 0 Å². The van der Waals surface area contributed by atoms with E-state index in [9.17, 15) is 0 Å². The molecule has 1 saturated carbocycles. The molecule has 2 N–H and O–H groups in total. The van der Waals surface area contributed by atoms with Gasteiger partial charge in [-0.25, -0.2) is 4.98 Å². The molecule has 0 bridgehead atoms. The van der Waals surface area contributed by atoms with Crippen LogP contribution in [0.3, 0.4) is 0 Å². The van der Waals surface area contributed by atoms with E-state index in [1.165, 1.54) is 12.8 Å². The minimum absolute atomic E-state index is 0.455. The van der Waals surface area contributed by atoms with E-state index in [1.54, 1.807) is 0 Å². The Kier molecular flexibility index (Phi) is 2.97. The van der Waals surface area contributed by atoms with Crippen LogP contribution in [0.4, 0.5) is 5.95 Å². The van der Waals surface area contributed by atoms with Gasteiger partial charge in [-0.2, -0.15) is 0 Å². The fourth-order valence-corrected chi connectivity index (χ4v) is 3.34. The van der Waals surface area contributed by atoms with E-state index in [0.717, 1.165) is 23.9 Å². The van der Waals surface area contributed by atoms with E-state index in [1.807, 2.05) is 12.1 Å². The molecular formula is C15H20ClN3. The number of hydrogen-bond donors (Lipinski definition) is 1. The summed E-state index contributed by atoms with van der Waals surface area (Å²) >= 11 is 6.20. The van der Waals surface area contributed by atoms with E-state index >= 15 is 0 Å². The number of benzene rings is 1. The van der Waals surface area contributed by atoms with Crippen LogP contribution >= 0.6 is 11.6 Å². The standard InChI is InChI=1S/C15H20ClN3/c1-15(2)8-6-10(7-9-15)19-12-5-3-4-11(16)13(12)18-14(19)17/h3-5,10H,6-9H2,1-2H3,(H2,17,18). The monoisotopic (exact) mass is 277 g/mol. The highest BCUT2D eigenvalue weighted by Crippen LogP contribution is 2.42. The SMILES string of the molecule is CC1(C)CCC(n2c(N)nc3c(Cl)cccc32)CC1. The maximum atomic E-state index is 6.20. The van der Waals surface area contributed by atoms with Crippen LogP contribution < -0.4 is 5.73 Å². The molecule has 102 valence electrons. The number of para-hydroxylation sites is 1. The number of fused-ring (bicyclic) bond motifs is 1. The van der Waals surface area contributed by atoms with Crippen molar-refractivity contribution in [2.75, 3.05) is 5.73 Å². The molecular weight excluding hydrogens is 258 g/mol. The highest BCUT2D eigenvalue weighted by Gasteiger charge is 2.29. The van der Waals surface area contributed by atoms with Crippen molar-refractivity contribution in [3.8, 4) is 0 Å². The second-order valence-electron chi connectivity index (χ2n) is 6.34. The molecule has 0 amide bonds. The first-order valence-electron chi connectivity index (χ1n) is 6.90. The zero-order valence-electron chi connectivity index (χ0n) is 11.5. The highest BCUT2D eigenvalue weighted by atomic mass is 35.5. The zero-order chi connectivity index (χ0) is 13.6. The molecule has 2 aromatic rings. The Morgan fingerprint density at radius 1 is 1.32 bits per heavy atom. The number of imidazole rings is 1. The fourth-order valence-electron chi connectivity index (χ4n) is 3.13. The maximum absolute atomic E-state index is 6.20. The first-order chi connectivity index (χ1) is 8.98. The van der Waals surface area contributed by atoms with Gasteiger partial charge < -0.3 is 10.3 Å². The Morgan fingerprint density at radius 2 is 2.00 bits per heavy atom. The molecule has 0 spiro atoms. The van der Waals surface area contributed by atoms with Gasteiger partial charge in [-0.15, -0.1) is 0 Å². The van der Waals surface area contributed by atoms with Gasteiger partial charge in [0.05, 0.1) is 10.5 Å². The predicted octanol–water partition coefficient (Wildman–Crippen LogP) is 4.41. The zero-order valence-corrected chi connectivity index (χ0v) is 12.2. The molecule has 0 saturated heterocycles. The Hall–Kier alpha value is -1.22. The van der Waals surface area contributed by atoms with Gasteiger partial charge in [0.15, 0.2) is 0 Å². The van der Waals surface area contributed by atoms with Crippen LogP contribution in [0.5, 0.6) is 0 Å². The summed E-state index contributed by atoms with van der Waals surface area (Å²) in [6.45, 7) is 4.69. The molecule has 1 aliphatic carbocycles. The first-order valence-corrected chi connectivity index (χ1v) is 7.28. The lowest BCUT2D eigenvalue weighted by atomic mass is 9.75. The fraction of sp³-hybridized carbons (Fsp3) is 0.533. The van der Waals surface area contributed by atoms with Crippen LogP contribution in [0.15, 0.2) is 18.2 Å². The molecule has 0 radical (unpaired) electrons. The van der Waals surface area contributed by atoms with Crippen molar-refractivity contribution in [1.29, 1.82) is 0 Å². The summed E-state index contributed by atoms with van der Waals surface area (Å²) in [4.78, 5) is 4.43. The summed E-state index contributed by atoms with van der Waals surface area (Å²) in [7, 11) is 0. The number of hydrogen-bond acceptors (Lipinski definition) is 2. The first kappa shape index (κ1) is 12.8. The van der Waals surface area contributed by atoms with Crippen LogP contribution in [0.2, 0.25) is 5.02 Å². The van der Waals surface area contributed by atoms with Gasteiger partial charge in [-0.05, 0) is 43.2 Å². The van der Waals surface area contributed by atoms with Gasteiger partial charge >= 0.3 is 0 Å². The maximum Gasteiger partial charge on any atom is 0.201 e. The summed E-state index contributed by atoms with van der Waals surface area (Å²) < 4.78 is 2.18. The van der Waals surface area contributed by atoms with E-state index in [4.69, 9.17) is 17.3 Å². The van der Waals surface area contributed by atoms with Crippen molar-refractivity contribution in [2.24, 2.45) is 5.41 Å². The molecule has 0 aliphatic heterocycles. The largest absolute Gasteiger partial charge is 0.369 e. The van der Waals surface area contributed by atoms with Crippen molar-refractivity contribution in [1.82, 2.24) is 9.55 Å². The van der Waals surface area contributed by atoms with E-state index in [2.05, 4.69) is 29.5 Å². The summed E-state index contributed by atoms with van der Waals surface area (Å²) in [5.41, 5.74) is 8.46. The number of nitrogen functional groups attached to an aromatic ring is 1. The second kappa shape index (κ2) is 4.41. The van der Waals surface area contributed by atoms with Crippen molar-refractivity contribution >= 4 is 28.6 Å². The van der Waals surface area contributed by atoms with Crippen LogP contribution in [0.1, 0.15) is 45.6 Å². The Morgan fingerprint density at radius 3 is 2.68 bits per heavy atom. The molecule has 1 heterocycles. The van der Waals surface area contributed by atoms with Crippen molar-refractivity contribution in [3.05, 3.63) is 23.2 Å². The smallest absolute Gasteiger partial charge is 0.201 e. The van der Waals surface area contributed by atoms with Crippen molar-refractivity contribution < 1.29 is 0 Å². The van der Waals surface area contributed by atoms with E-state index < -0.39 is 0 Å². The van der Waals surface area contributed by atoms with Gasteiger partial charge in [0, 0.05) is 6.04 Å². The van der Waals surface area contributed by atoms with Gasteiger partial charge in [-0.3, -0.25) is 0 Å². The molecule has 4 heteroatoms. The van der Waals surface area contributed by atoms with Gasteiger partial charge in [0.2, 0.25) is 5.95 Å². The van der Waals surface area contributed by atoms with Crippen molar-refractivity contribution in [2.45, 2.75) is 45.6 Å². The molecule has 0 atom stereocenters. The lowest BCUT2D eigenvalue weighted by molar-refractivity contribution is 0.197. The molecule has 3 nitrogen and oxygen atoms in total. The third kappa shape index (κ3) is 2.20. The van der Waals surface area contributed by atoms with Crippen LogP contribution in [0, 0.1) is 5.41 Å². The molecule has 3 rings (SSSR count). The number of halogens is 1. The third-order valence-electron chi connectivity index (χ3n) is 4.37. The predicted molar refractivity (Wildman–Crippen MR) is 80.4 cm³/mol. The number of rotatable bonds is 1. The van der Waals surface area contributed by atoms with Gasteiger partial charge in [0.1, 0.15) is 5.52 Å². The Balaban J connectivity index is 2.02. The quantitative estimate of drug-likeness (QED) is 0.839. The summed E-state index contributed by atoms with van der Waals surface area (Å²) in [5.74, 6) is 0.591. The van der Waals surface area contributed by atoms with Gasteiger partial charge in [0.25, 0.3) is 0 Å². The molecule has 1 aromatic heterocycles. The molecule has 19 heavy (non-hydrogen) atoms. The summed E-state index contributed by atoms with van der Waals surface area (Å²) in [6, 6.07) is 6.35. The average Bonchev–Trinajstić information content (AvgIpc) is 2.68. The molecule has 1 aromatic carbocycles. The number of anilines is 1. The van der Waals surface area contributed by atoms with Gasteiger partial charge in [-0.1, -0.05) is 31.5 Å². The molecule has 0 unspecified atom stereocenters. The van der Waals surface area contributed by atoms with Crippen LogP contribution in [-0.4, -0.2) is 9.55 Å². The topological polar surface area (TPSA) is 43.8 Å². The number of aromatic nitrogens is 2. The Labute approximate surface area is 118 Å². The average molecular weight is 278 g/mol. The normalized spacial score (nSPS) is 19.9. The van der Waals surface area contributed by atoms with Crippen molar-refractivity contribution in [3.63, 3.8) is 0 Å². The lowest BCUT2D eigenvalue weighted by Crippen LogP contribution is -2.24. The highest BCUT2D eigenvalue weighted by molar-refractivity contribution is 6.35. The van der Waals surface area contributed by atoms with Crippen LogP contribution in [-0.2, 0) is 0 Å². The van der Waals surface area contributed by atoms with E-state index in [0.29, 0.717) is 22.4 Å². The minimum atomic E-state index is 0.455. The third-order valence-corrected chi connectivity index (χ3v) is 4.68. The number of nitrogens with zero attached hydrogens (tertiary/aromatic N) is 2. The Bertz CT molecular complexity index is 605. The number of nitrogens with two attached hydrogens (primary N) is 1. The minimum Gasteiger partial charge on any atom is -0.369 e. The molecule has 1 aliphatic rings. The summed E-state index contributed by atoms with van der Waals surface area (Å²) in [5, 5.41) is 0.680. The molecule has 1 fully saturated rings. The van der Waals surface area contributed by atoms with Crippen LogP contribution in [0.25, 0.3) is 11.0 Å². The second-order valence-corrected chi connectivity index (χ2v) is 6.75.